The van der Waals surface area contributed by atoms with E-state index in [4.69, 9.17) is 9.47 Å². The van der Waals surface area contributed by atoms with Crippen LogP contribution in [0.15, 0.2) is 78.9 Å². The predicted octanol–water partition coefficient (Wildman–Crippen LogP) is 3.75. The summed E-state index contributed by atoms with van der Waals surface area (Å²) in [6, 6.07) is 24.9. The van der Waals surface area contributed by atoms with Crippen molar-refractivity contribution in [2.45, 2.75) is 13.0 Å². The minimum atomic E-state index is -0.0918. The molecular weight excluding hydrogens is 352 g/mol. The summed E-state index contributed by atoms with van der Waals surface area (Å²) in [5.74, 6) is 2.07. The second-order valence-corrected chi connectivity index (χ2v) is 6.43. The van der Waals surface area contributed by atoms with Crippen LogP contribution >= 0.6 is 0 Å². The number of para-hydroxylation sites is 4. The van der Waals surface area contributed by atoms with E-state index < -0.39 is 0 Å². The molecule has 0 radical (unpaired) electrons. The van der Waals surface area contributed by atoms with Gasteiger partial charge in [0.05, 0.1) is 18.4 Å². The lowest BCUT2D eigenvalue weighted by Crippen LogP contribution is -2.86. The Morgan fingerprint density at radius 2 is 1.57 bits per heavy atom. The molecule has 144 valence electrons. The molecule has 0 aliphatic carbocycles. The number of ether oxygens (including phenoxy) is 2. The normalized spacial score (nSPS) is 11.5. The van der Waals surface area contributed by atoms with Crippen LogP contribution in [0.5, 0.6) is 17.2 Å². The molecule has 0 aliphatic rings. The van der Waals surface area contributed by atoms with E-state index in [2.05, 4.69) is 12.2 Å². The number of benzene rings is 3. The fourth-order valence-corrected chi connectivity index (χ4v) is 2.93. The summed E-state index contributed by atoms with van der Waals surface area (Å²) in [5, 5.41) is 4.92. The smallest absolute Gasteiger partial charge is 0.279 e. The van der Waals surface area contributed by atoms with E-state index >= 15 is 0 Å². The first-order chi connectivity index (χ1) is 13.7. The molecule has 1 atom stereocenters. The van der Waals surface area contributed by atoms with Crippen LogP contribution in [0.1, 0.15) is 18.5 Å². The summed E-state index contributed by atoms with van der Waals surface area (Å²) in [5.41, 5.74) is 1.71. The highest BCUT2D eigenvalue weighted by Gasteiger charge is 2.16. The van der Waals surface area contributed by atoms with Gasteiger partial charge in [-0.05, 0) is 43.3 Å². The third-order valence-electron chi connectivity index (χ3n) is 4.42. The summed E-state index contributed by atoms with van der Waals surface area (Å²) in [6.45, 7) is 2.34. The van der Waals surface area contributed by atoms with Crippen molar-refractivity contribution in [1.29, 1.82) is 0 Å². The van der Waals surface area contributed by atoms with Crippen molar-refractivity contribution >= 4 is 11.6 Å². The summed E-state index contributed by atoms with van der Waals surface area (Å²) in [6.07, 6.45) is 0. The second-order valence-electron chi connectivity index (χ2n) is 6.43. The molecule has 1 amide bonds. The van der Waals surface area contributed by atoms with E-state index in [1.165, 1.54) is 0 Å². The molecule has 3 rings (SSSR count). The molecule has 3 aromatic rings. The largest absolute Gasteiger partial charge is 0.496 e. The van der Waals surface area contributed by atoms with Gasteiger partial charge >= 0.3 is 0 Å². The lowest BCUT2D eigenvalue weighted by Gasteiger charge is -2.15. The standard InChI is InChI=1S/C23H24N2O3/c1-17(19-12-6-8-14-21(19)27-2)24-16-23(26)25-20-13-7-9-15-22(20)28-18-10-4-3-5-11-18/h3-15,17,24H,16H2,1-2H3,(H,25,26)/p+1/t17-/m0/s1. The number of rotatable bonds is 8. The summed E-state index contributed by atoms with van der Waals surface area (Å²) in [7, 11) is 1.65. The maximum atomic E-state index is 12.5. The molecule has 5 nitrogen and oxygen atoms in total. The minimum absolute atomic E-state index is 0.0918. The van der Waals surface area contributed by atoms with Gasteiger partial charge in [0, 0.05) is 0 Å². The van der Waals surface area contributed by atoms with Crippen LogP contribution < -0.4 is 20.1 Å². The second kappa shape index (κ2) is 9.58. The van der Waals surface area contributed by atoms with E-state index in [1.807, 2.05) is 84.2 Å². The Hall–Kier alpha value is -3.31. The monoisotopic (exact) mass is 377 g/mol. The van der Waals surface area contributed by atoms with E-state index in [1.54, 1.807) is 7.11 Å². The van der Waals surface area contributed by atoms with Crippen molar-refractivity contribution in [3.05, 3.63) is 84.4 Å². The first-order valence-corrected chi connectivity index (χ1v) is 9.25. The zero-order valence-electron chi connectivity index (χ0n) is 16.1. The Labute approximate surface area is 165 Å². The maximum absolute atomic E-state index is 12.5. The lowest BCUT2D eigenvalue weighted by molar-refractivity contribution is -0.682. The first kappa shape index (κ1) is 19.5. The van der Waals surface area contributed by atoms with Crippen molar-refractivity contribution in [2.75, 3.05) is 19.0 Å². The lowest BCUT2D eigenvalue weighted by atomic mass is 10.1. The average Bonchev–Trinajstić information content (AvgIpc) is 2.74. The van der Waals surface area contributed by atoms with Crippen molar-refractivity contribution in [1.82, 2.24) is 0 Å². The molecule has 3 N–H and O–H groups in total. The summed E-state index contributed by atoms with van der Waals surface area (Å²) < 4.78 is 11.3. The van der Waals surface area contributed by atoms with Crippen LogP contribution in [0.4, 0.5) is 5.69 Å². The van der Waals surface area contributed by atoms with E-state index in [0.717, 1.165) is 17.1 Å². The van der Waals surface area contributed by atoms with Crippen molar-refractivity contribution < 1.29 is 19.6 Å². The van der Waals surface area contributed by atoms with Crippen molar-refractivity contribution in [3.63, 3.8) is 0 Å². The number of carbonyl (C=O) groups is 1. The van der Waals surface area contributed by atoms with Gasteiger partial charge < -0.3 is 20.1 Å². The Kier molecular flexibility index (Phi) is 6.65. The molecule has 5 heteroatoms. The predicted molar refractivity (Wildman–Crippen MR) is 110 cm³/mol. The van der Waals surface area contributed by atoms with Gasteiger partial charge in [-0.3, -0.25) is 4.79 Å². The fourth-order valence-electron chi connectivity index (χ4n) is 2.93. The highest BCUT2D eigenvalue weighted by Crippen LogP contribution is 2.29. The molecule has 0 saturated heterocycles. The van der Waals surface area contributed by atoms with Gasteiger partial charge in [0.25, 0.3) is 5.91 Å². The summed E-state index contributed by atoms with van der Waals surface area (Å²) >= 11 is 0. The molecule has 0 unspecified atom stereocenters. The maximum Gasteiger partial charge on any atom is 0.279 e. The topological polar surface area (TPSA) is 64.2 Å². The number of hydrogen-bond acceptors (Lipinski definition) is 3. The molecule has 0 heterocycles. The molecule has 0 spiro atoms. The molecule has 3 aromatic carbocycles. The van der Waals surface area contributed by atoms with Crippen LogP contribution in [0.2, 0.25) is 0 Å². The molecule has 0 bridgehead atoms. The van der Waals surface area contributed by atoms with Crippen LogP contribution in [-0.2, 0) is 4.79 Å². The van der Waals surface area contributed by atoms with E-state index in [0.29, 0.717) is 18.0 Å². The Morgan fingerprint density at radius 3 is 2.32 bits per heavy atom. The van der Waals surface area contributed by atoms with Gasteiger partial charge in [-0.1, -0.05) is 42.5 Å². The zero-order valence-corrected chi connectivity index (χ0v) is 16.1. The molecule has 0 saturated carbocycles. The number of methoxy groups -OCH3 is 1. The fraction of sp³-hybridized carbons (Fsp3) is 0.174. The number of amides is 1. The van der Waals surface area contributed by atoms with Gasteiger partial charge in [0.2, 0.25) is 0 Å². The van der Waals surface area contributed by atoms with Gasteiger partial charge in [0.1, 0.15) is 17.5 Å². The number of hydrogen-bond donors (Lipinski definition) is 2. The van der Waals surface area contributed by atoms with Crippen LogP contribution in [0, 0.1) is 0 Å². The van der Waals surface area contributed by atoms with E-state index in [9.17, 15) is 4.79 Å². The van der Waals surface area contributed by atoms with Crippen molar-refractivity contribution in [2.24, 2.45) is 0 Å². The third kappa shape index (κ3) is 5.11. The zero-order chi connectivity index (χ0) is 19.8. The van der Waals surface area contributed by atoms with Crippen LogP contribution in [0.25, 0.3) is 0 Å². The highest BCUT2D eigenvalue weighted by atomic mass is 16.5. The SMILES string of the molecule is COc1ccccc1[C@H](C)[NH2+]CC(=O)Nc1ccccc1Oc1ccccc1. The van der Waals surface area contributed by atoms with Gasteiger partial charge in [-0.2, -0.15) is 0 Å². The average molecular weight is 377 g/mol. The number of anilines is 1. The van der Waals surface area contributed by atoms with Crippen LogP contribution in [0.3, 0.4) is 0 Å². The quantitative estimate of drug-likeness (QED) is 0.628. The van der Waals surface area contributed by atoms with Gasteiger partial charge in [-0.25, -0.2) is 0 Å². The molecular formula is C23H25N2O3+. The number of quaternary nitrogens is 1. The minimum Gasteiger partial charge on any atom is -0.496 e. The number of nitrogens with one attached hydrogen (secondary N) is 1. The molecule has 0 aromatic heterocycles. The Morgan fingerprint density at radius 1 is 0.929 bits per heavy atom. The number of nitrogens with two attached hydrogens (primary N) is 1. The first-order valence-electron chi connectivity index (χ1n) is 9.25. The van der Waals surface area contributed by atoms with Gasteiger partial charge in [0.15, 0.2) is 12.3 Å². The molecule has 28 heavy (non-hydrogen) atoms. The Balaban J connectivity index is 1.61. The highest BCUT2D eigenvalue weighted by molar-refractivity contribution is 5.92. The van der Waals surface area contributed by atoms with Gasteiger partial charge in [-0.15, -0.1) is 0 Å². The van der Waals surface area contributed by atoms with E-state index in [-0.39, 0.29) is 11.9 Å². The number of carbonyl (C=O) groups excluding carboxylic acids is 1. The summed E-state index contributed by atoms with van der Waals surface area (Å²) in [4.78, 5) is 12.5. The van der Waals surface area contributed by atoms with Crippen molar-refractivity contribution in [3.8, 4) is 17.2 Å². The third-order valence-corrected chi connectivity index (χ3v) is 4.42. The van der Waals surface area contributed by atoms with Crippen LogP contribution in [-0.4, -0.2) is 19.6 Å². The molecule has 0 fully saturated rings. The molecule has 0 aliphatic heterocycles. The Bertz CT molecular complexity index is 912.